The highest BCUT2D eigenvalue weighted by Crippen LogP contribution is 2.28. The Bertz CT molecular complexity index is 892. The molecule has 0 saturated carbocycles. The first-order chi connectivity index (χ1) is 12.1. The lowest BCUT2D eigenvalue weighted by Crippen LogP contribution is -1.99. The number of aryl methyl sites for hydroxylation is 3. The largest absolute Gasteiger partial charge is 0.252 e. The van der Waals surface area contributed by atoms with E-state index in [0.717, 1.165) is 28.5 Å². The van der Waals surface area contributed by atoms with Gasteiger partial charge in [0, 0.05) is 10.9 Å². The van der Waals surface area contributed by atoms with Gasteiger partial charge in [-0.2, -0.15) is 5.10 Å². The summed E-state index contributed by atoms with van der Waals surface area (Å²) in [6, 6.07) is 15.0. The van der Waals surface area contributed by atoms with E-state index in [2.05, 4.69) is 84.1 Å². The van der Waals surface area contributed by atoms with Gasteiger partial charge in [-0.15, -0.1) is 11.3 Å². The molecule has 2 aromatic carbocycles. The summed E-state index contributed by atoms with van der Waals surface area (Å²) in [6.45, 7) is 8.40. The maximum absolute atomic E-state index is 4.66. The van der Waals surface area contributed by atoms with Crippen LogP contribution in [0.25, 0.3) is 11.3 Å². The number of nitrogens with one attached hydrogen (secondary N) is 1. The summed E-state index contributed by atoms with van der Waals surface area (Å²) in [5, 5.41) is 7.35. The molecule has 1 aromatic heterocycles. The first kappa shape index (κ1) is 17.4. The minimum Gasteiger partial charge on any atom is -0.252 e. The summed E-state index contributed by atoms with van der Waals surface area (Å²) in [4.78, 5) is 4.66. The van der Waals surface area contributed by atoms with Crippen LogP contribution in [0.2, 0.25) is 0 Å². The van der Waals surface area contributed by atoms with Gasteiger partial charge >= 0.3 is 0 Å². The molecule has 0 saturated heterocycles. The molecule has 0 bridgehead atoms. The molecule has 0 aliphatic rings. The molecular formula is C21H23N3S. The second kappa shape index (κ2) is 7.62. The molecule has 1 heterocycles. The van der Waals surface area contributed by atoms with Gasteiger partial charge < -0.3 is 0 Å². The molecule has 0 spiro atoms. The second-order valence-electron chi connectivity index (χ2n) is 6.22. The molecule has 3 nitrogen and oxygen atoms in total. The van der Waals surface area contributed by atoms with Crippen LogP contribution in [0.5, 0.6) is 0 Å². The van der Waals surface area contributed by atoms with Gasteiger partial charge in [0.05, 0.1) is 11.4 Å². The van der Waals surface area contributed by atoms with Crippen LogP contribution in [-0.2, 0) is 6.42 Å². The number of nitrogens with zero attached hydrogens (tertiary/aromatic N) is 2. The van der Waals surface area contributed by atoms with Crippen molar-refractivity contribution in [1.29, 1.82) is 0 Å². The van der Waals surface area contributed by atoms with Gasteiger partial charge in [0.1, 0.15) is 0 Å². The lowest BCUT2D eigenvalue weighted by Gasteiger charge is -2.04. The van der Waals surface area contributed by atoms with Crippen LogP contribution in [-0.4, -0.2) is 10.7 Å². The molecule has 128 valence electrons. The van der Waals surface area contributed by atoms with Crippen molar-refractivity contribution in [2.24, 2.45) is 5.10 Å². The Morgan fingerprint density at radius 2 is 1.88 bits per heavy atom. The SMILES string of the molecule is CCc1ccc(/C(C)=N\Nc2nc(-c3ccc(C)cc3C)cs2)cc1. The average molecular weight is 350 g/mol. The lowest BCUT2D eigenvalue weighted by molar-refractivity contribution is 1.14. The summed E-state index contributed by atoms with van der Waals surface area (Å²) in [5.74, 6) is 0. The van der Waals surface area contributed by atoms with Crippen LogP contribution in [0.3, 0.4) is 0 Å². The highest BCUT2D eigenvalue weighted by molar-refractivity contribution is 7.14. The van der Waals surface area contributed by atoms with Crippen LogP contribution in [0.4, 0.5) is 5.13 Å². The molecule has 25 heavy (non-hydrogen) atoms. The number of hydrogen-bond donors (Lipinski definition) is 1. The first-order valence-corrected chi connectivity index (χ1v) is 9.37. The highest BCUT2D eigenvalue weighted by Gasteiger charge is 2.07. The smallest absolute Gasteiger partial charge is 0.203 e. The van der Waals surface area contributed by atoms with E-state index in [1.165, 1.54) is 22.3 Å². The number of thiazole rings is 1. The van der Waals surface area contributed by atoms with Crippen molar-refractivity contribution in [3.63, 3.8) is 0 Å². The molecule has 0 unspecified atom stereocenters. The number of aromatic nitrogens is 1. The molecule has 3 rings (SSSR count). The quantitative estimate of drug-likeness (QED) is 0.465. The highest BCUT2D eigenvalue weighted by atomic mass is 32.1. The predicted molar refractivity (Wildman–Crippen MR) is 109 cm³/mol. The van der Waals surface area contributed by atoms with Crippen LogP contribution in [0, 0.1) is 13.8 Å². The van der Waals surface area contributed by atoms with Crippen molar-refractivity contribution in [3.8, 4) is 11.3 Å². The van der Waals surface area contributed by atoms with E-state index in [9.17, 15) is 0 Å². The monoisotopic (exact) mass is 349 g/mol. The van der Waals surface area contributed by atoms with E-state index >= 15 is 0 Å². The number of hydrazone groups is 1. The summed E-state index contributed by atoms with van der Waals surface area (Å²) >= 11 is 1.57. The maximum Gasteiger partial charge on any atom is 0.203 e. The van der Waals surface area contributed by atoms with Crippen molar-refractivity contribution in [2.45, 2.75) is 34.1 Å². The predicted octanol–water partition coefficient (Wildman–Crippen LogP) is 5.83. The normalized spacial score (nSPS) is 11.6. The van der Waals surface area contributed by atoms with Crippen molar-refractivity contribution >= 4 is 22.2 Å². The van der Waals surface area contributed by atoms with E-state index in [0.29, 0.717) is 0 Å². The topological polar surface area (TPSA) is 37.3 Å². The van der Waals surface area contributed by atoms with Gasteiger partial charge in [-0.25, -0.2) is 4.98 Å². The van der Waals surface area contributed by atoms with E-state index in [4.69, 9.17) is 0 Å². The van der Waals surface area contributed by atoms with E-state index in [1.807, 2.05) is 6.92 Å². The molecule has 0 aliphatic carbocycles. The minimum absolute atomic E-state index is 0.805. The van der Waals surface area contributed by atoms with Gasteiger partial charge in [-0.1, -0.05) is 55.0 Å². The summed E-state index contributed by atoms with van der Waals surface area (Å²) in [5.41, 5.74) is 11.2. The zero-order chi connectivity index (χ0) is 17.8. The van der Waals surface area contributed by atoms with Crippen LogP contribution >= 0.6 is 11.3 Å². The van der Waals surface area contributed by atoms with Gasteiger partial charge in [-0.05, 0) is 43.9 Å². The molecular weight excluding hydrogens is 326 g/mol. The fourth-order valence-electron chi connectivity index (χ4n) is 2.73. The Hall–Kier alpha value is -2.46. The summed E-state index contributed by atoms with van der Waals surface area (Å²) in [7, 11) is 0. The number of anilines is 1. The molecule has 0 atom stereocenters. The molecule has 0 radical (unpaired) electrons. The molecule has 0 amide bonds. The number of rotatable bonds is 5. The Morgan fingerprint density at radius 3 is 2.56 bits per heavy atom. The summed E-state index contributed by atoms with van der Waals surface area (Å²) in [6.07, 6.45) is 1.05. The van der Waals surface area contributed by atoms with E-state index in [-0.39, 0.29) is 0 Å². The van der Waals surface area contributed by atoms with Gasteiger partial charge in [0.2, 0.25) is 5.13 Å². The van der Waals surface area contributed by atoms with Crippen LogP contribution in [0.15, 0.2) is 52.9 Å². The van der Waals surface area contributed by atoms with Crippen LogP contribution in [0.1, 0.15) is 36.1 Å². The Kier molecular flexibility index (Phi) is 5.29. The fraction of sp³-hybridized carbons (Fsp3) is 0.238. The van der Waals surface area contributed by atoms with Gasteiger partial charge in [0.15, 0.2) is 0 Å². The van der Waals surface area contributed by atoms with Crippen LogP contribution < -0.4 is 5.43 Å². The van der Waals surface area contributed by atoms with Crippen molar-refractivity contribution in [3.05, 3.63) is 70.1 Å². The van der Waals surface area contributed by atoms with Crippen molar-refractivity contribution in [1.82, 2.24) is 4.98 Å². The third kappa shape index (κ3) is 4.15. The first-order valence-electron chi connectivity index (χ1n) is 8.49. The Balaban J connectivity index is 1.74. The summed E-state index contributed by atoms with van der Waals surface area (Å²) < 4.78 is 0. The van der Waals surface area contributed by atoms with Gasteiger partial charge in [0.25, 0.3) is 0 Å². The molecule has 0 fully saturated rings. The molecule has 4 heteroatoms. The fourth-order valence-corrected chi connectivity index (χ4v) is 3.38. The van der Waals surface area contributed by atoms with Crippen molar-refractivity contribution in [2.75, 3.05) is 5.43 Å². The molecule has 3 aromatic rings. The third-order valence-electron chi connectivity index (χ3n) is 4.26. The number of benzene rings is 2. The van der Waals surface area contributed by atoms with E-state index in [1.54, 1.807) is 11.3 Å². The molecule has 0 aliphatic heterocycles. The Morgan fingerprint density at radius 1 is 1.12 bits per heavy atom. The lowest BCUT2D eigenvalue weighted by atomic mass is 10.0. The van der Waals surface area contributed by atoms with E-state index < -0.39 is 0 Å². The van der Waals surface area contributed by atoms with Crippen molar-refractivity contribution < 1.29 is 0 Å². The number of hydrogen-bond acceptors (Lipinski definition) is 4. The maximum atomic E-state index is 4.66. The zero-order valence-corrected chi connectivity index (χ0v) is 15.9. The zero-order valence-electron chi connectivity index (χ0n) is 15.1. The third-order valence-corrected chi connectivity index (χ3v) is 5.01. The molecule has 1 N–H and O–H groups in total. The standard InChI is InChI=1S/C21H23N3S/c1-5-17-7-9-18(10-8-17)16(4)23-24-21-22-20(13-25-21)19-11-6-14(2)12-15(19)3/h6-13H,5H2,1-4H3,(H,22,24)/b23-16-. The minimum atomic E-state index is 0.805. The van der Waals surface area contributed by atoms with Gasteiger partial charge in [-0.3, -0.25) is 5.43 Å². The second-order valence-corrected chi connectivity index (χ2v) is 7.07. The Labute approximate surface area is 153 Å². The average Bonchev–Trinajstić information content (AvgIpc) is 3.08.